The topological polar surface area (TPSA) is 121 Å². The Labute approximate surface area is 265 Å². The zero-order chi connectivity index (χ0) is 31.3. The van der Waals surface area contributed by atoms with Crippen LogP contribution in [-0.2, 0) is 19.0 Å². The lowest BCUT2D eigenvalue weighted by atomic mass is 10.1. The fourth-order valence-corrected chi connectivity index (χ4v) is 4.59. The predicted octanol–water partition coefficient (Wildman–Crippen LogP) is 6.68. The highest BCUT2D eigenvalue weighted by Gasteiger charge is 1.98. The minimum absolute atomic E-state index is 0.0229. The summed E-state index contributed by atoms with van der Waals surface area (Å²) in [5.74, 6) is 7.38. The number of amidine groups is 1. The average molecular weight is 609 g/mol. The van der Waals surface area contributed by atoms with Crippen molar-refractivity contribution in [2.45, 2.75) is 142 Å². The molecule has 0 unspecified atom stereocenters. The van der Waals surface area contributed by atoms with Gasteiger partial charge in [-0.25, -0.2) is 0 Å². The van der Waals surface area contributed by atoms with Gasteiger partial charge in [0.2, 0.25) is 5.91 Å². The van der Waals surface area contributed by atoms with Gasteiger partial charge in [-0.1, -0.05) is 90.4 Å². The number of nitrogens with one attached hydrogen (secondary N) is 1. The lowest BCUT2D eigenvalue weighted by molar-refractivity contribution is -0.119. The zero-order valence-electron chi connectivity index (χ0n) is 27.9. The van der Waals surface area contributed by atoms with E-state index in [-0.39, 0.29) is 12.5 Å². The summed E-state index contributed by atoms with van der Waals surface area (Å²) < 4.78 is 16.5. The molecule has 0 aliphatic rings. The summed E-state index contributed by atoms with van der Waals surface area (Å²) in [6, 6.07) is 0. The lowest BCUT2D eigenvalue weighted by Crippen LogP contribution is -2.31. The van der Waals surface area contributed by atoms with Gasteiger partial charge >= 0.3 is 0 Å². The van der Waals surface area contributed by atoms with E-state index >= 15 is 0 Å². The second-order valence-electron chi connectivity index (χ2n) is 11.4. The van der Waals surface area contributed by atoms with Crippen molar-refractivity contribution < 1.29 is 19.0 Å². The van der Waals surface area contributed by atoms with Gasteiger partial charge in [0.25, 0.3) is 0 Å². The zero-order valence-corrected chi connectivity index (χ0v) is 27.9. The fraction of sp³-hybridized carbons (Fsp3) is 0.886. The molecule has 0 aliphatic carbocycles. The van der Waals surface area contributed by atoms with E-state index in [1.54, 1.807) is 0 Å². The molecule has 0 aromatic carbocycles. The normalized spacial score (nSPS) is 11.4. The summed E-state index contributed by atoms with van der Waals surface area (Å²) in [6.45, 7) is 7.03. The van der Waals surface area contributed by atoms with Crippen molar-refractivity contribution in [3.8, 4) is 11.8 Å². The first-order chi connectivity index (χ1) is 21.2. The first-order valence-corrected chi connectivity index (χ1v) is 17.6. The Morgan fingerprint density at radius 3 is 1.63 bits per heavy atom. The Morgan fingerprint density at radius 2 is 1.09 bits per heavy atom. The molecule has 0 saturated carbocycles. The summed E-state index contributed by atoms with van der Waals surface area (Å²) >= 11 is 0. The van der Waals surface area contributed by atoms with E-state index in [0.29, 0.717) is 52.7 Å². The van der Waals surface area contributed by atoms with Gasteiger partial charge in [-0.2, -0.15) is 0 Å². The summed E-state index contributed by atoms with van der Waals surface area (Å²) in [5.41, 5.74) is 11.3. The highest BCUT2D eigenvalue weighted by atomic mass is 16.5. The number of hydrogen-bond donors (Lipinski definition) is 3. The summed E-state index contributed by atoms with van der Waals surface area (Å²) in [7, 11) is 0. The van der Waals surface area contributed by atoms with Crippen molar-refractivity contribution in [1.82, 2.24) is 5.32 Å². The molecule has 0 aliphatic heterocycles. The summed E-state index contributed by atoms with van der Waals surface area (Å²) in [4.78, 5) is 15.5. The molecular weight excluding hydrogens is 540 g/mol. The van der Waals surface area contributed by atoms with Gasteiger partial charge in [0.15, 0.2) is 0 Å². The molecule has 0 saturated heterocycles. The maximum absolute atomic E-state index is 11.0. The number of hydrogen-bond acceptors (Lipinski definition) is 6. The monoisotopic (exact) mass is 609 g/mol. The van der Waals surface area contributed by atoms with E-state index in [1.165, 1.54) is 96.3 Å². The molecule has 0 aromatic heterocycles. The Bertz CT molecular complexity index is 678. The number of nitrogens with two attached hydrogens (primary N) is 2. The van der Waals surface area contributed by atoms with Crippen LogP contribution in [0.15, 0.2) is 4.99 Å². The van der Waals surface area contributed by atoms with Gasteiger partial charge in [-0.3, -0.25) is 9.79 Å². The van der Waals surface area contributed by atoms with Gasteiger partial charge in [-0.05, 0) is 32.1 Å². The van der Waals surface area contributed by atoms with E-state index in [1.807, 2.05) is 0 Å². The van der Waals surface area contributed by atoms with Crippen LogP contribution in [0.5, 0.6) is 0 Å². The number of aliphatic imine (C=N–C) groups is 1. The van der Waals surface area contributed by atoms with E-state index in [4.69, 9.17) is 25.7 Å². The van der Waals surface area contributed by atoms with Crippen molar-refractivity contribution in [1.29, 1.82) is 0 Å². The number of carbonyl (C=O) groups is 1. The highest BCUT2D eigenvalue weighted by Crippen LogP contribution is 2.11. The standard InChI is InChI=1S/C35H68N4O4/c1-2-3-4-5-6-7-8-9-10-11-12-13-14-15-16-17-18-19-20-21-24-34(37)38-25-22-27-41-29-31-43-32-30-42-28-23-26-39-35(40)33-36/h2-12,15-33,36H2,1H3,(H2,37,38)(H,39,40). The minimum atomic E-state index is -0.142. The summed E-state index contributed by atoms with van der Waals surface area (Å²) in [5, 5.41) is 2.70. The van der Waals surface area contributed by atoms with Crippen molar-refractivity contribution in [3.05, 3.63) is 0 Å². The third kappa shape index (κ3) is 36.4. The number of carbonyl (C=O) groups excluding carboxylic acids is 1. The van der Waals surface area contributed by atoms with Crippen LogP contribution in [0.2, 0.25) is 0 Å². The van der Waals surface area contributed by atoms with Crippen molar-refractivity contribution in [2.75, 3.05) is 59.3 Å². The van der Waals surface area contributed by atoms with Crippen LogP contribution in [0, 0.1) is 11.8 Å². The van der Waals surface area contributed by atoms with Crippen molar-refractivity contribution in [2.24, 2.45) is 16.5 Å². The number of rotatable bonds is 33. The number of amides is 1. The smallest absolute Gasteiger partial charge is 0.233 e. The fourth-order valence-electron chi connectivity index (χ4n) is 4.59. The van der Waals surface area contributed by atoms with Crippen LogP contribution in [0.4, 0.5) is 0 Å². The molecule has 1 amide bonds. The van der Waals surface area contributed by atoms with E-state index < -0.39 is 0 Å². The number of ether oxygens (including phenoxy) is 3. The van der Waals surface area contributed by atoms with Crippen molar-refractivity contribution >= 4 is 11.7 Å². The molecule has 8 nitrogen and oxygen atoms in total. The molecule has 8 heteroatoms. The second-order valence-corrected chi connectivity index (χ2v) is 11.4. The Kier molecular flexibility index (Phi) is 35.1. The summed E-state index contributed by atoms with van der Waals surface area (Å²) in [6.07, 6.45) is 26.0. The molecule has 0 spiro atoms. The van der Waals surface area contributed by atoms with E-state index in [9.17, 15) is 4.79 Å². The minimum Gasteiger partial charge on any atom is -0.387 e. The second kappa shape index (κ2) is 36.5. The average Bonchev–Trinajstić information content (AvgIpc) is 3.01. The van der Waals surface area contributed by atoms with Crippen LogP contribution in [0.1, 0.15) is 142 Å². The largest absolute Gasteiger partial charge is 0.387 e. The van der Waals surface area contributed by atoms with Gasteiger partial charge in [0.05, 0.1) is 38.8 Å². The predicted molar refractivity (Wildman–Crippen MR) is 181 cm³/mol. The Balaban J connectivity index is 3.28. The first-order valence-electron chi connectivity index (χ1n) is 17.6. The molecule has 5 N–H and O–H groups in total. The quantitative estimate of drug-likeness (QED) is 0.0331. The van der Waals surface area contributed by atoms with E-state index in [2.05, 4.69) is 29.1 Å². The molecule has 0 rings (SSSR count). The molecule has 0 aromatic rings. The van der Waals surface area contributed by atoms with Crippen LogP contribution in [-0.4, -0.2) is 71.0 Å². The first kappa shape index (κ1) is 41.3. The molecular formula is C35H68N4O4. The molecule has 0 bridgehead atoms. The van der Waals surface area contributed by atoms with Crippen LogP contribution < -0.4 is 16.8 Å². The molecule has 0 fully saturated rings. The Hall–Kier alpha value is -1.66. The van der Waals surface area contributed by atoms with Gasteiger partial charge in [0, 0.05) is 45.6 Å². The van der Waals surface area contributed by atoms with Gasteiger partial charge in [0.1, 0.15) is 0 Å². The van der Waals surface area contributed by atoms with Crippen LogP contribution >= 0.6 is 0 Å². The molecule has 43 heavy (non-hydrogen) atoms. The maximum atomic E-state index is 11.0. The number of nitrogens with zero attached hydrogens (tertiary/aromatic N) is 1. The molecule has 0 atom stereocenters. The Morgan fingerprint density at radius 1 is 0.628 bits per heavy atom. The molecule has 0 heterocycles. The van der Waals surface area contributed by atoms with Gasteiger partial charge < -0.3 is 31.0 Å². The SMILES string of the molecule is CCCCCCCCCCCCC#CCCCCCCCCC(N)=NCCCOCCOCCOCCCNC(=O)CN. The van der Waals surface area contributed by atoms with Crippen LogP contribution in [0.3, 0.4) is 0 Å². The number of unbranched alkanes of at least 4 members (excludes halogenated alkanes) is 16. The molecule has 252 valence electrons. The van der Waals surface area contributed by atoms with Crippen LogP contribution in [0.25, 0.3) is 0 Å². The highest BCUT2D eigenvalue weighted by molar-refractivity contribution is 5.80. The maximum Gasteiger partial charge on any atom is 0.233 e. The van der Waals surface area contributed by atoms with E-state index in [0.717, 1.165) is 44.4 Å². The van der Waals surface area contributed by atoms with Crippen molar-refractivity contribution in [3.63, 3.8) is 0 Å². The third-order valence-corrected chi connectivity index (χ3v) is 7.24. The third-order valence-electron chi connectivity index (χ3n) is 7.24. The lowest BCUT2D eigenvalue weighted by Gasteiger charge is -2.07. The molecule has 0 radical (unpaired) electrons. The van der Waals surface area contributed by atoms with Gasteiger partial charge in [-0.15, -0.1) is 11.8 Å².